The maximum Gasteiger partial charge on any atom is 0.328 e. The zero-order chi connectivity index (χ0) is 21.6. The molecule has 158 valence electrons. The second-order valence-electron chi connectivity index (χ2n) is 6.69. The number of likely N-dealkylation sites (tertiary alicyclic amines) is 1. The smallest absolute Gasteiger partial charge is 0.328 e. The van der Waals surface area contributed by atoms with Crippen LogP contribution in [0.1, 0.15) is 33.1 Å². The Morgan fingerprint density at radius 3 is 2.25 bits per heavy atom. The Hall–Kier alpha value is -2.73. The molecule has 3 amide bonds. The van der Waals surface area contributed by atoms with E-state index in [4.69, 9.17) is 15.9 Å². The number of carbonyl (C=O) groups excluding carboxylic acids is 3. The van der Waals surface area contributed by atoms with Crippen LogP contribution in [0.5, 0.6) is 0 Å². The predicted octanol–water partition coefficient (Wildman–Crippen LogP) is -2.77. The first-order valence-electron chi connectivity index (χ1n) is 8.75. The number of amides is 3. The predicted molar refractivity (Wildman–Crippen MR) is 93.8 cm³/mol. The first-order chi connectivity index (χ1) is 13.0. The first-order valence-corrected chi connectivity index (χ1v) is 8.75. The van der Waals surface area contributed by atoms with Gasteiger partial charge in [0.15, 0.2) is 6.04 Å². The lowest BCUT2D eigenvalue weighted by Gasteiger charge is -2.27. The fourth-order valence-electron chi connectivity index (χ4n) is 2.83. The van der Waals surface area contributed by atoms with Crippen molar-refractivity contribution in [1.82, 2.24) is 15.5 Å². The first kappa shape index (κ1) is 23.3. The summed E-state index contributed by atoms with van der Waals surface area (Å²) in [4.78, 5) is 59.8. The number of hydrogen-bond donors (Lipinski definition) is 6. The van der Waals surface area contributed by atoms with Crippen LogP contribution in [-0.2, 0) is 24.0 Å². The summed E-state index contributed by atoms with van der Waals surface area (Å²) in [6.07, 6.45) is -1.09. The van der Waals surface area contributed by atoms with Crippen molar-refractivity contribution in [3.8, 4) is 0 Å². The molecule has 0 bridgehead atoms. The van der Waals surface area contributed by atoms with Crippen LogP contribution in [-0.4, -0.2) is 86.7 Å². The number of aliphatic carboxylic acids is 2. The van der Waals surface area contributed by atoms with Crippen molar-refractivity contribution < 1.29 is 39.3 Å². The lowest BCUT2D eigenvalue weighted by molar-refractivity contribution is -0.145. The highest BCUT2D eigenvalue weighted by molar-refractivity contribution is 5.95. The Kier molecular flexibility index (Phi) is 8.32. The van der Waals surface area contributed by atoms with E-state index in [0.717, 1.165) is 0 Å². The number of nitrogens with one attached hydrogen (secondary N) is 2. The van der Waals surface area contributed by atoms with Gasteiger partial charge in [-0.25, -0.2) is 4.79 Å². The highest BCUT2D eigenvalue weighted by atomic mass is 16.4. The van der Waals surface area contributed by atoms with E-state index in [9.17, 15) is 29.1 Å². The molecular weight excluding hydrogens is 376 g/mol. The van der Waals surface area contributed by atoms with Crippen LogP contribution < -0.4 is 16.4 Å². The molecule has 5 atom stereocenters. The van der Waals surface area contributed by atoms with Crippen LogP contribution in [0.4, 0.5) is 0 Å². The fourth-order valence-corrected chi connectivity index (χ4v) is 2.83. The highest BCUT2D eigenvalue weighted by Crippen LogP contribution is 2.19. The maximum absolute atomic E-state index is 12.5. The van der Waals surface area contributed by atoms with Gasteiger partial charge in [0.05, 0.1) is 18.6 Å². The van der Waals surface area contributed by atoms with E-state index in [0.29, 0.717) is 12.8 Å². The lowest BCUT2D eigenvalue weighted by Crippen LogP contribution is -2.57. The largest absolute Gasteiger partial charge is 0.481 e. The number of hydrogen-bond acceptors (Lipinski definition) is 7. The molecule has 0 aromatic rings. The van der Waals surface area contributed by atoms with Crippen LogP contribution in [0.3, 0.4) is 0 Å². The van der Waals surface area contributed by atoms with E-state index in [1.807, 2.05) is 0 Å². The Labute approximate surface area is 161 Å². The molecular formula is C16H26N4O8. The number of carboxylic acids is 2. The minimum Gasteiger partial charge on any atom is -0.481 e. The van der Waals surface area contributed by atoms with Crippen molar-refractivity contribution in [2.24, 2.45) is 5.73 Å². The van der Waals surface area contributed by atoms with Crippen molar-refractivity contribution in [3.05, 3.63) is 0 Å². The van der Waals surface area contributed by atoms with Crippen molar-refractivity contribution in [3.63, 3.8) is 0 Å². The average Bonchev–Trinajstić information content (AvgIpc) is 3.06. The van der Waals surface area contributed by atoms with Gasteiger partial charge >= 0.3 is 11.9 Å². The van der Waals surface area contributed by atoms with Gasteiger partial charge in [0, 0.05) is 6.54 Å². The topological polar surface area (TPSA) is 199 Å². The third-order valence-corrected chi connectivity index (χ3v) is 4.35. The Balaban J connectivity index is 2.71. The van der Waals surface area contributed by atoms with Crippen LogP contribution in [0.2, 0.25) is 0 Å². The minimum atomic E-state index is -1.54. The summed E-state index contributed by atoms with van der Waals surface area (Å²) in [7, 11) is 0. The number of nitrogens with two attached hydrogens (primary N) is 1. The molecule has 1 heterocycles. The second kappa shape index (κ2) is 9.99. The van der Waals surface area contributed by atoms with Crippen LogP contribution >= 0.6 is 0 Å². The molecule has 0 aromatic heterocycles. The van der Waals surface area contributed by atoms with Crippen molar-refractivity contribution >= 4 is 29.7 Å². The molecule has 0 radical (unpaired) electrons. The number of aliphatic hydroxyl groups excluding tert-OH is 1. The molecule has 1 fully saturated rings. The van der Waals surface area contributed by atoms with Gasteiger partial charge < -0.3 is 36.6 Å². The minimum absolute atomic E-state index is 0.230. The molecule has 28 heavy (non-hydrogen) atoms. The lowest BCUT2D eigenvalue weighted by atomic mass is 10.1. The van der Waals surface area contributed by atoms with E-state index in [-0.39, 0.29) is 6.54 Å². The quantitative estimate of drug-likeness (QED) is 0.236. The van der Waals surface area contributed by atoms with Crippen molar-refractivity contribution in [2.75, 3.05) is 6.54 Å². The van der Waals surface area contributed by atoms with Gasteiger partial charge in [-0.3, -0.25) is 19.2 Å². The molecule has 0 aliphatic carbocycles. The van der Waals surface area contributed by atoms with E-state index >= 15 is 0 Å². The van der Waals surface area contributed by atoms with E-state index in [2.05, 4.69) is 10.6 Å². The van der Waals surface area contributed by atoms with Gasteiger partial charge in [-0.05, 0) is 26.7 Å². The Morgan fingerprint density at radius 1 is 1.14 bits per heavy atom. The number of aliphatic hydroxyl groups is 1. The molecule has 12 heteroatoms. The van der Waals surface area contributed by atoms with Gasteiger partial charge in [-0.2, -0.15) is 0 Å². The van der Waals surface area contributed by atoms with Crippen LogP contribution in [0, 0.1) is 0 Å². The molecule has 5 unspecified atom stereocenters. The van der Waals surface area contributed by atoms with Gasteiger partial charge in [-0.1, -0.05) is 0 Å². The molecule has 7 N–H and O–H groups in total. The SMILES string of the molecule is CC(NC(=O)C1CCCN1C(=O)C(N)CC(=O)O)C(=O)NC(C(=O)O)C(C)O. The molecule has 1 saturated heterocycles. The highest BCUT2D eigenvalue weighted by Gasteiger charge is 2.37. The Bertz CT molecular complexity index is 638. The summed E-state index contributed by atoms with van der Waals surface area (Å²) in [6, 6.07) is -4.85. The molecule has 0 spiro atoms. The summed E-state index contributed by atoms with van der Waals surface area (Å²) in [5.74, 6) is -4.79. The zero-order valence-electron chi connectivity index (χ0n) is 15.6. The standard InChI is InChI=1S/C16H26N4O8/c1-7(13(24)19-12(8(2)21)16(27)28)18-14(25)10-4-3-5-20(10)15(26)9(17)6-11(22)23/h7-10,12,21H,3-6,17H2,1-2H3,(H,18,25)(H,19,24)(H,22,23)(H,27,28). The van der Waals surface area contributed by atoms with E-state index in [1.165, 1.54) is 18.7 Å². The van der Waals surface area contributed by atoms with Crippen LogP contribution in [0.15, 0.2) is 0 Å². The summed E-state index contributed by atoms with van der Waals surface area (Å²) in [6.45, 7) is 2.75. The second-order valence-corrected chi connectivity index (χ2v) is 6.69. The summed E-state index contributed by atoms with van der Waals surface area (Å²) in [5, 5.41) is 31.6. The average molecular weight is 402 g/mol. The molecule has 0 saturated carbocycles. The summed E-state index contributed by atoms with van der Waals surface area (Å²) >= 11 is 0. The van der Waals surface area contributed by atoms with Crippen molar-refractivity contribution in [1.29, 1.82) is 0 Å². The van der Waals surface area contributed by atoms with E-state index in [1.54, 1.807) is 0 Å². The third-order valence-electron chi connectivity index (χ3n) is 4.35. The molecule has 0 aromatic carbocycles. The van der Waals surface area contributed by atoms with Crippen LogP contribution in [0.25, 0.3) is 0 Å². The molecule has 1 rings (SSSR count). The molecule has 1 aliphatic rings. The van der Waals surface area contributed by atoms with Gasteiger partial charge in [0.25, 0.3) is 0 Å². The summed E-state index contributed by atoms with van der Waals surface area (Å²) < 4.78 is 0. The fraction of sp³-hybridized carbons (Fsp3) is 0.688. The summed E-state index contributed by atoms with van der Waals surface area (Å²) in [5.41, 5.74) is 5.57. The number of nitrogens with zero attached hydrogens (tertiary/aromatic N) is 1. The molecule has 1 aliphatic heterocycles. The number of carbonyl (C=O) groups is 5. The normalized spacial score (nSPS) is 20.6. The van der Waals surface area contributed by atoms with Crippen molar-refractivity contribution in [2.45, 2.75) is 63.4 Å². The monoisotopic (exact) mass is 402 g/mol. The molecule has 12 nitrogen and oxygen atoms in total. The number of rotatable bonds is 9. The number of carboxylic acid groups (broad SMARTS) is 2. The van der Waals surface area contributed by atoms with Gasteiger partial charge in [-0.15, -0.1) is 0 Å². The van der Waals surface area contributed by atoms with Gasteiger partial charge in [0.2, 0.25) is 17.7 Å². The zero-order valence-corrected chi connectivity index (χ0v) is 15.6. The Morgan fingerprint density at radius 2 is 1.75 bits per heavy atom. The maximum atomic E-state index is 12.5. The van der Waals surface area contributed by atoms with E-state index < -0.39 is 66.4 Å². The van der Waals surface area contributed by atoms with Gasteiger partial charge in [0.1, 0.15) is 12.1 Å². The third kappa shape index (κ3) is 6.16.